The summed E-state index contributed by atoms with van der Waals surface area (Å²) in [5, 5.41) is 0. The standard InChI is InChI=1S/C12H15F4NO/c1-2-3-10(17)8-4-6-9(7-5-8)18-12(15,16)11(13)14/h4-7,10-11H,2-3,17H2,1H3/t10-/m1/s1. The fourth-order valence-electron chi connectivity index (χ4n) is 1.46. The zero-order chi connectivity index (χ0) is 13.8. The van der Waals surface area contributed by atoms with Crippen LogP contribution in [0.4, 0.5) is 17.6 Å². The van der Waals surface area contributed by atoms with Crippen molar-refractivity contribution in [2.75, 3.05) is 0 Å². The Bertz CT molecular complexity index is 367. The Kier molecular flexibility index (Phi) is 4.95. The molecule has 0 saturated carbocycles. The van der Waals surface area contributed by atoms with Crippen LogP contribution < -0.4 is 10.5 Å². The van der Waals surface area contributed by atoms with Gasteiger partial charge in [-0.1, -0.05) is 25.5 Å². The third-order valence-corrected chi connectivity index (χ3v) is 2.42. The van der Waals surface area contributed by atoms with Gasteiger partial charge in [-0.2, -0.15) is 17.6 Å². The molecule has 0 spiro atoms. The van der Waals surface area contributed by atoms with E-state index in [2.05, 4.69) is 4.74 Å². The van der Waals surface area contributed by atoms with E-state index in [1.165, 1.54) is 24.3 Å². The van der Waals surface area contributed by atoms with Crippen LogP contribution in [-0.4, -0.2) is 12.5 Å². The van der Waals surface area contributed by atoms with Gasteiger partial charge in [0.1, 0.15) is 5.75 Å². The molecule has 2 nitrogen and oxygen atoms in total. The number of hydrogen-bond acceptors (Lipinski definition) is 2. The lowest BCUT2D eigenvalue weighted by Crippen LogP contribution is -2.33. The summed E-state index contributed by atoms with van der Waals surface area (Å²) in [6.07, 6.45) is -6.69. The van der Waals surface area contributed by atoms with E-state index in [0.29, 0.717) is 0 Å². The number of alkyl halides is 4. The molecule has 6 heteroatoms. The highest BCUT2D eigenvalue weighted by Crippen LogP contribution is 2.28. The first-order valence-electron chi connectivity index (χ1n) is 5.57. The molecule has 102 valence electrons. The summed E-state index contributed by atoms with van der Waals surface area (Å²) in [6, 6.07) is 5.22. The molecule has 0 aromatic heterocycles. The van der Waals surface area contributed by atoms with Crippen molar-refractivity contribution in [3.63, 3.8) is 0 Å². The average molecular weight is 265 g/mol. The summed E-state index contributed by atoms with van der Waals surface area (Å²) in [4.78, 5) is 0. The van der Waals surface area contributed by atoms with E-state index in [1.54, 1.807) is 0 Å². The van der Waals surface area contributed by atoms with Crippen LogP contribution in [0.2, 0.25) is 0 Å². The maximum absolute atomic E-state index is 12.6. The van der Waals surface area contributed by atoms with Gasteiger partial charge in [0.25, 0.3) is 0 Å². The van der Waals surface area contributed by atoms with Crippen LogP contribution in [0.15, 0.2) is 24.3 Å². The second-order valence-corrected chi connectivity index (χ2v) is 3.93. The van der Waals surface area contributed by atoms with Crippen LogP contribution in [0.5, 0.6) is 5.75 Å². The van der Waals surface area contributed by atoms with Gasteiger partial charge >= 0.3 is 12.5 Å². The number of benzene rings is 1. The fraction of sp³-hybridized carbons (Fsp3) is 0.500. The van der Waals surface area contributed by atoms with Crippen molar-refractivity contribution >= 4 is 0 Å². The van der Waals surface area contributed by atoms with Crippen molar-refractivity contribution in [2.45, 2.75) is 38.3 Å². The van der Waals surface area contributed by atoms with Crippen molar-refractivity contribution in [3.8, 4) is 5.75 Å². The van der Waals surface area contributed by atoms with E-state index >= 15 is 0 Å². The van der Waals surface area contributed by atoms with Crippen LogP contribution in [-0.2, 0) is 0 Å². The van der Waals surface area contributed by atoms with Crippen molar-refractivity contribution in [1.29, 1.82) is 0 Å². The molecule has 1 rings (SSSR count). The van der Waals surface area contributed by atoms with E-state index in [0.717, 1.165) is 18.4 Å². The first-order valence-corrected chi connectivity index (χ1v) is 5.57. The predicted octanol–water partition coefficient (Wildman–Crippen LogP) is 3.72. The quantitative estimate of drug-likeness (QED) is 0.795. The van der Waals surface area contributed by atoms with E-state index in [4.69, 9.17) is 5.73 Å². The molecule has 1 aromatic carbocycles. The summed E-state index contributed by atoms with van der Waals surface area (Å²) < 4.78 is 53.0. The number of rotatable bonds is 6. The third-order valence-electron chi connectivity index (χ3n) is 2.42. The van der Waals surface area contributed by atoms with Crippen LogP contribution >= 0.6 is 0 Å². The summed E-state index contributed by atoms with van der Waals surface area (Å²) in [7, 11) is 0. The Labute approximate surface area is 103 Å². The van der Waals surface area contributed by atoms with Gasteiger partial charge in [-0.25, -0.2) is 0 Å². The molecule has 1 aromatic rings. The molecule has 0 heterocycles. The van der Waals surface area contributed by atoms with Gasteiger partial charge in [-0.15, -0.1) is 0 Å². The zero-order valence-corrected chi connectivity index (χ0v) is 9.88. The molecule has 2 N–H and O–H groups in total. The van der Waals surface area contributed by atoms with Gasteiger partial charge in [0.05, 0.1) is 0 Å². The van der Waals surface area contributed by atoms with Gasteiger partial charge in [0.2, 0.25) is 0 Å². The zero-order valence-electron chi connectivity index (χ0n) is 9.88. The Balaban J connectivity index is 2.71. The Morgan fingerprint density at radius 3 is 2.22 bits per heavy atom. The highest BCUT2D eigenvalue weighted by Gasteiger charge is 2.43. The number of nitrogens with two attached hydrogens (primary N) is 1. The second kappa shape index (κ2) is 6.04. The van der Waals surface area contributed by atoms with Crippen LogP contribution in [0.1, 0.15) is 31.4 Å². The van der Waals surface area contributed by atoms with Gasteiger partial charge < -0.3 is 10.5 Å². The molecular weight excluding hydrogens is 250 g/mol. The smallest absolute Gasteiger partial charge is 0.428 e. The fourth-order valence-corrected chi connectivity index (χ4v) is 1.46. The molecule has 0 amide bonds. The Morgan fingerprint density at radius 1 is 1.22 bits per heavy atom. The van der Waals surface area contributed by atoms with Gasteiger partial charge in [0, 0.05) is 6.04 Å². The Hall–Kier alpha value is -1.30. The highest BCUT2D eigenvalue weighted by atomic mass is 19.3. The van der Waals surface area contributed by atoms with E-state index in [1.807, 2.05) is 6.92 Å². The minimum atomic E-state index is -4.48. The molecule has 0 aliphatic rings. The molecular formula is C12H15F4NO. The van der Waals surface area contributed by atoms with E-state index < -0.39 is 12.5 Å². The van der Waals surface area contributed by atoms with Gasteiger partial charge in [-0.05, 0) is 24.1 Å². The summed E-state index contributed by atoms with van der Waals surface area (Å²) in [6.45, 7) is 1.97. The largest absolute Gasteiger partial charge is 0.461 e. The summed E-state index contributed by atoms with van der Waals surface area (Å²) in [5.41, 5.74) is 6.58. The first-order chi connectivity index (χ1) is 8.36. The molecule has 0 unspecified atom stereocenters. The molecule has 18 heavy (non-hydrogen) atoms. The van der Waals surface area contributed by atoms with Gasteiger partial charge in [-0.3, -0.25) is 0 Å². The topological polar surface area (TPSA) is 35.2 Å². The molecule has 1 atom stereocenters. The molecule has 0 bridgehead atoms. The molecule has 0 radical (unpaired) electrons. The lowest BCUT2D eigenvalue weighted by atomic mass is 10.0. The van der Waals surface area contributed by atoms with Gasteiger partial charge in [0.15, 0.2) is 0 Å². The Morgan fingerprint density at radius 2 is 1.78 bits per heavy atom. The van der Waals surface area contributed by atoms with Crippen molar-refractivity contribution in [3.05, 3.63) is 29.8 Å². The van der Waals surface area contributed by atoms with E-state index in [-0.39, 0.29) is 11.8 Å². The van der Waals surface area contributed by atoms with Crippen molar-refractivity contribution < 1.29 is 22.3 Å². The predicted molar refractivity (Wildman–Crippen MR) is 59.9 cm³/mol. The number of hydrogen-bond donors (Lipinski definition) is 1. The van der Waals surface area contributed by atoms with Crippen LogP contribution in [0.3, 0.4) is 0 Å². The van der Waals surface area contributed by atoms with Crippen LogP contribution in [0, 0.1) is 0 Å². The highest BCUT2D eigenvalue weighted by molar-refractivity contribution is 5.29. The number of halogens is 4. The SMILES string of the molecule is CCC[C@@H](N)c1ccc(OC(F)(F)C(F)F)cc1. The monoisotopic (exact) mass is 265 g/mol. The first kappa shape index (κ1) is 14.8. The summed E-state index contributed by atoms with van der Waals surface area (Å²) >= 11 is 0. The minimum absolute atomic E-state index is 0.195. The van der Waals surface area contributed by atoms with Crippen LogP contribution in [0.25, 0.3) is 0 Å². The second-order valence-electron chi connectivity index (χ2n) is 3.93. The number of ether oxygens (including phenoxy) is 1. The minimum Gasteiger partial charge on any atom is -0.428 e. The van der Waals surface area contributed by atoms with Crippen molar-refractivity contribution in [2.24, 2.45) is 5.73 Å². The summed E-state index contributed by atoms with van der Waals surface area (Å²) in [5.74, 6) is -0.312. The lowest BCUT2D eigenvalue weighted by molar-refractivity contribution is -0.253. The van der Waals surface area contributed by atoms with Crippen molar-refractivity contribution in [1.82, 2.24) is 0 Å². The molecule has 0 aliphatic carbocycles. The molecule has 0 fully saturated rings. The van der Waals surface area contributed by atoms with E-state index in [9.17, 15) is 17.6 Å². The lowest BCUT2D eigenvalue weighted by Gasteiger charge is -2.17. The molecule has 0 saturated heterocycles. The maximum Gasteiger partial charge on any atom is 0.461 e. The maximum atomic E-state index is 12.6. The third kappa shape index (κ3) is 3.87. The molecule has 0 aliphatic heterocycles. The normalized spacial score (nSPS) is 13.7. The average Bonchev–Trinajstić information content (AvgIpc) is 2.29.